The molecular weight excluding hydrogens is 450 g/mol. The first-order valence-electron chi connectivity index (χ1n) is 14.0. The number of nitrogens with zero attached hydrogens (tertiary/aromatic N) is 1. The fraction of sp³-hybridized carbons (Fsp3) is 0.806. The van der Waals surface area contributed by atoms with Crippen molar-refractivity contribution in [3.8, 4) is 6.07 Å². The number of hydrogen-bond donors (Lipinski definition) is 0. The van der Waals surface area contributed by atoms with E-state index in [-0.39, 0.29) is 45.6 Å². The van der Waals surface area contributed by atoms with E-state index >= 15 is 0 Å². The van der Waals surface area contributed by atoms with Crippen molar-refractivity contribution in [1.29, 1.82) is 5.26 Å². The molecule has 0 aromatic rings. The summed E-state index contributed by atoms with van der Waals surface area (Å²) in [4.78, 5) is 13.5. The van der Waals surface area contributed by atoms with E-state index in [0.29, 0.717) is 12.4 Å². The molecule has 7 atom stereocenters. The highest BCUT2D eigenvalue weighted by Gasteiger charge is 2.70. The zero-order valence-electron chi connectivity index (χ0n) is 23.6. The Bertz CT molecular complexity index is 1060. The molecule has 3 aliphatic carbocycles. The minimum Gasteiger partial charge on any atom is -0.497 e. The van der Waals surface area contributed by atoms with Gasteiger partial charge in [0.2, 0.25) is 0 Å². The minimum absolute atomic E-state index is 0.0143. The SMILES string of the molecule is CCOC(=O)[C@]12CCC(C)(C)C[C@@H]1[C@H]1OC=C3[C@@]4(C)C=C(C#N)OC(C)(C)C4CC[C@@]3(C)[C@]1(C)CC2. The molecule has 198 valence electrons. The first kappa shape index (κ1) is 25.7. The molecule has 0 N–H and O–H groups in total. The topological polar surface area (TPSA) is 68.5 Å². The van der Waals surface area contributed by atoms with Gasteiger partial charge in [0.05, 0.1) is 18.3 Å². The number of carbonyl (C=O) groups excluding carboxylic acids is 1. The van der Waals surface area contributed by atoms with Crippen molar-refractivity contribution in [2.24, 2.45) is 38.9 Å². The van der Waals surface area contributed by atoms with Gasteiger partial charge in [-0.3, -0.25) is 4.79 Å². The highest BCUT2D eigenvalue weighted by molar-refractivity contribution is 5.78. The van der Waals surface area contributed by atoms with Crippen LogP contribution in [-0.4, -0.2) is 24.3 Å². The van der Waals surface area contributed by atoms with E-state index in [9.17, 15) is 10.1 Å². The highest BCUT2D eigenvalue weighted by Crippen LogP contribution is 2.72. The molecule has 0 saturated heterocycles. The Kier molecular flexibility index (Phi) is 5.55. The second-order valence-electron chi connectivity index (χ2n) is 14.4. The molecule has 2 aliphatic heterocycles. The van der Waals surface area contributed by atoms with E-state index in [4.69, 9.17) is 14.2 Å². The Balaban J connectivity index is 1.62. The summed E-state index contributed by atoms with van der Waals surface area (Å²) >= 11 is 0. The van der Waals surface area contributed by atoms with E-state index in [1.807, 2.05) is 13.2 Å². The summed E-state index contributed by atoms with van der Waals surface area (Å²) in [5, 5.41) is 9.79. The minimum atomic E-state index is -0.451. The van der Waals surface area contributed by atoms with Gasteiger partial charge in [-0.05, 0) is 82.8 Å². The molecule has 0 bridgehead atoms. The van der Waals surface area contributed by atoms with Crippen LogP contribution in [0.1, 0.15) is 100 Å². The molecule has 5 aliphatic rings. The maximum absolute atomic E-state index is 13.5. The summed E-state index contributed by atoms with van der Waals surface area (Å²) in [6, 6.07) is 2.29. The van der Waals surface area contributed by atoms with Gasteiger partial charge in [0.25, 0.3) is 0 Å². The van der Waals surface area contributed by atoms with Crippen LogP contribution in [0.5, 0.6) is 0 Å². The van der Waals surface area contributed by atoms with Gasteiger partial charge >= 0.3 is 5.97 Å². The summed E-state index contributed by atoms with van der Waals surface area (Å²) in [6.45, 7) is 18.4. The lowest BCUT2D eigenvalue weighted by Gasteiger charge is -2.68. The van der Waals surface area contributed by atoms with Gasteiger partial charge < -0.3 is 14.2 Å². The maximum Gasteiger partial charge on any atom is 0.312 e. The van der Waals surface area contributed by atoms with E-state index in [0.717, 1.165) is 44.9 Å². The maximum atomic E-state index is 13.5. The fourth-order valence-corrected chi connectivity index (χ4v) is 9.48. The molecule has 3 fully saturated rings. The van der Waals surface area contributed by atoms with Gasteiger partial charge in [0.15, 0.2) is 5.76 Å². The summed E-state index contributed by atoms with van der Waals surface area (Å²) < 4.78 is 18.7. The summed E-state index contributed by atoms with van der Waals surface area (Å²) in [7, 11) is 0. The zero-order chi connectivity index (χ0) is 26.4. The number of esters is 1. The number of hydrogen-bond acceptors (Lipinski definition) is 5. The largest absolute Gasteiger partial charge is 0.497 e. The zero-order valence-corrected chi connectivity index (χ0v) is 23.6. The van der Waals surface area contributed by atoms with Gasteiger partial charge in [-0.25, -0.2) is 0 Å². The number of ether oxygens (including phenoxy) is 3. The predicted molar refractivity (Wildman–Crippen MR) is 138 cm³/mol. The van der Waals surface area contributed by atoms with Crippen LogP contribution in [0.3, 0.4) is 0 Å². The van der Waals surface area contributed by atoms with Crippen molar-refractivity contribution < 1.29 is 19.0 Å². The van der Waals surface area contributed by atoms with Crippen LogP contribution >= 0.6 is 0 Å². The normalized spacial score (nSPS) is 46.0. The first-order chi connectivity index (χ1) is 16.7. The Morgan fingerprint density at radius 3 is 2.44 bits per heavy atom. The van der Waals surface area contributed by atoms with Crippen LogP contribution in [0.15, 0.2) is 23.7 Å². The molecule has 0 amide bonds. The molecule has 0 aromatic heterocycles. The van der Waals surface area contributed by atoms with E-state index in [1.165, 1.54) is 5.57 Å². The summed E-state index contributed by atoms with van der Waals surface area (Å²) in [5.41, 5.74) is 0.0888. The van der Waals surface area contributed by atoms with Crippen molar-refractivity contribution in [2.45, 2.75) is 112 Å². The average Bonchev–Trinajstić information content (AvgIpc) is 2.78. The van der Waals surface area contributed by atoms with Crippen molar-refractivity contribution in [2.75, 3.05) is 6.61 Å². The van der Waals surface area contributed by atoms with Crippen molar-refractivity contribution in [3.05, 3.63) is 23.7 Å². The molecule has 5 nitrogen and oxygen atoms in total. The van der Waals surface area contributed by atoms with E-state index < -0.39 is 11.0 Å². The summed E-state index contributed by atoms with van der Waals surface area (Å²) in [6.07, 6.45) is 10.9. The van der Waals surface area contributed by atoms with Gasteiger partial charge in [0, 0.05) is 28.1 Å². The highest BCUT2D eigenvalue weighted by atomic mass is 16.5. The van der Waals surface area contributed by atoms with Crippen molar-refractivity contribution in [3.63, 3.8) is 0 Å². The van der Waals surface area contributed by atoms with Crippen LogP contribution in [0.4, 0.5) is 0 Å². The lowest BCUT2D eigenvalue weighted by atomic mass is 9.38. The third-order valence-corrected chi connectivity index (χ3v) is 11.7. The Morgan fingerprint density at radius 1 is 1.08 bits per heavy atom. The fourth-order valence-electron chi connectivity index (χ4n) is 9.48. The van der Waals surface area contributed by atoms with Crippen LogP contribution in [0, 0.1) is 50.2 Å². The number of fused-ring (bicyclic) bond motifs is 7. The van der Waals surface area contributed by atoms with Crippen LogP contribution in [0.2, 0.25) is 0 Å². The second-order valence-corrected chi connectivity index (χ2v) is 14.4. The molecule has 1 unspecified atom stereocenters. The van der Waals surface area contributed by atoms with Gasteiger partial charge in [-0.15, -0.1) is 0 Å². The third kappa shape index (κ3) is 3.21. The molecule has 5 rings (SSSR count). The molecule has 0 radical (unpaired) electrons. The monoisotopic (exact) mass is 495 g/mol. The molecule has 36 heavy (non-hydrogen) atoms. The number of carbonyl (C=O) groups is 1. The van der Waals surface area contributed by atoms with Gasteiger partial charge in [-0.2, -0.15) is 5.26 Å². The Morgan fingerprint density at radius 2 is 1.78 bits per heavy atom. The lowest BCUT2D eigenvalue weighted by Crippen LogP contribution is -2.66. The van der Waals surface area contributed by atoms with E-state index in [1.54, 1.807) is 0 Å². The van der Waals surface area contributed by atoms with Crippen LogP contribution < -0.4 is 0 Å². The average molecular weight is 496 g/mol. The number of rotatable bonds is 2. The molecule has 0 spiro atoms. The standard InChI is InChI=1S/C31H45NO4/c1-9-34-25(33)31-14-12-26(2,3)17-21(31)24-30(8,13-15-31)29(7)11-10-22-27(4,5)36-20(18-32)16-28(22,6)23(29)19-35-24/h16,19,21-22,24H,9-15,17H2,1-8H3/t21-,22?,24-,28+,29-,30-,31+/m1/s1. The third-order valence-electron chi connectivity index (χ3n) is 11.7. The molecular formula is C31H45NO4. The van der Waals surface area contributed by atoms with Crippen molar-refractivity contribution >= 4 is 5.97 Å². The van der Waals surface area contributed by atoms with Gasteiger partial charge in [-0.1, -0.05) is 34.6 Å². The second kappa shape index (κ2) is 7.78. The molecule has 5 heteroatoms. The number of nitriles is 1. The van der Waals surface area contributed by atoms with Crippen LogP contribution in [0.25, 0.3) is 0 Å². The smallest absolute Gasteiger partial charge is 0.312 e. The first-order valence-corrected chi connectivity index (χ1v) is 14.0. The Labute approximate surface area is 217 Å². The predicted octanol–water partition coefficient (Wildman–Crippen LogP) is 7.08. The lowest BCUT2D eigenvalue weighted by molar-refractivity contribution is -0.220. The van der Waals surface area contributed by atoms with E-state index in [2.05, 4.69) is 60.6 Å². The summed E-state index contributed by atoms with van der Waals surface area (Å²) in [5.74, 6) is 0.797. The molecule has 2 heterocycles. The van der Waals surface area contributed by atoms with Crippen LogP contribution in [-0.2, 0) is 19.0 Å². The van der Waals surface area contributed by atoms with Crippen molar-refractivity contribution in [1.82, 2.24) is 0 Å². The quantitative estimate of drug-likeness (QED) is 0.383. The molecule has 3 saturated carbocycles. The van der Waals surface area contributed by atoms with Gasteiger partial charge in [0.1, 0.15) is 17.8 Å². The molecule has 0 aromatic carbocycles. The number of allylic oxidation sites excluding steroid dienone is 3. The Hall–Kier alpha value is -1.96.